The molecule has 0 fully saturated rings. The highest BCUT2D eigenvalue weighted by Crippen LogP contribution is 2.23. The summed E-state index contributed by atoms with van der Waals surface area (Å²) >= 11 is 1.52. The average Bonchev–Trinajstić information content (AvgIpc) is 3.21. The van der Waals surface area contributed by atoms with Crippen molar-refractivity contribution in [2.75, 3.05) is 5.32 Å². The van der Waals surface area contributed by atoms with Gasteiger partial charge in [0.1, 0.15) is 0 Å². The van der Waals surface area contributed by atoms with Crippen molar-refractivity contribution in [2.45, 2.75) is 19.4 Å². The molecule has 0 saturated heterocycles. The Kier molecular flexibility index (Phi) is 6.70. The van der Waals surface area contributed by atoms with Gasteiger partial charge in [0.15, 0.2) is 0 Å². The number of pyridine rings is 1. The van der Waals surface area contributed by atoms with E-state index in [0.29, 0.717) is 5.69 Å². The van der Waals surface area contributed by atoms with E-state index < -0.39 is 0 Å². The van der Waals surface area contributed by atoms with Crippen molar-refractivity contribution in [1.29, 1.82) is 0 Å². The Morgan fingerprint density at radius 2 is 2.00 bits per heavy atom. The van der Waals surface area contributed by atoms with E-state index in [9.17, 15) is 9.59 Å². The molecule has 5 nitrogen and oxygen atoms in total. The molecule has 2 aromatic heterocycles. The highest BCUT2D eigenvalue weighted by molar-refractivity contribution is 7.10. The minimum absolute atomic E-state index is 0.155. The summed E-state index contributed by atoms with van der Waals surface area (Å²) in [7, 11) is 0. The standard InChI is InChI=1S/C22H21N3O2S/c1-16(26)24-20(21-9-5-13-28-21)15-22(27)25-19-8-4-6-17(14-19)10-11-18-7-2-3-12-23-18/h2-14,20H,15H2,1H3,(H,24,26)(H,25,27). The maximum atomic E-state index is 12.5. The molecule has 1 atom stereocenters. The molecule has 0 aliphatic rings. The minimum atomic E-state index is -0.329. The number of nitrogens with one attached hydrogen (secondary N) is 2. The number of nitrogens with zero attached hydrogens (tertiary/aromatic N) is 1. The van der Waals surface area contributed by atoms with Gasteiger partial charge in [0.2, 0.25) is 11.8 Å². The highest BCUT2D eigenvalue weighted by atomic mass is 32.1. The molecule has 1 aromatic carbocycles. The summed E-state index contributed by atoms with van der Waals surface area (Å²) in [4.78, 5) is 29.2. The summed E-state index contributed by atoms with van der Waals surface area (Å²) in [6, 6.07) is 16.8. The zero-order valence-electron chi connectivity index (χ0n) is 15.5. The predicted molar refractivity (Wildman–Crippen MR) is 114 cm³/mol. The van der Waals surface area contributed by atoms with Crippen LogP contribution in [0.2, 0.25) is 0 Å². The summed E-state index contributed by atoms with van der Waals surface area (Å²) in [6.45, 7) is 1.45. The van der Waals surface area contributed by atoms with E-state index in [2.05, 4.69) is 15.6 Å². The lowest BCUT2D eigenvalue weighted by Gasteiger charge is -2.16. The fourth-order valence-electron chi connectivity index (χ4n) is 2.73. The normalized spacial score (nSPS) is 11.9. The topological polar surface area (TPSA) is 71.1 Å². The first-order valence-corrected chi connectivity index (χ1v) is 9.77. The number of thiophene rings is 1. The van der Waals surface area contributed by atoms with Crippen LogP contribution in [-0.4, -0.2) is 16.8 Å². The molecular weight excluding hydrogens is 370 g/mol. The maximum Gasteiger partial charge on any atom is 0.226 e. The number of carbonyl (C=O) groups is 2. The van der Waals surface area contributed by atoms with Gasteiger partial charge in [-0.2, -0.15) is 0 Å². The second kappa shape index (κ2) is 9.62. The van der Waals surface area contributed by atoms with E-state index in [-0.39, 0.29) is 24.3 Å². The van der Waals surface area contributed by atoms with E-state index in [4.69, 9.17) is 0 Å². The van der Waals surface area contributed by atoms with Crippen molar-refractivity contribution in [3.8, 4) is 0 Å². The van der Waals surface area contributed by atoms with Crippen LogP contribution in [0.15, 0.2) is 66.2 Å². The zero-order valence-corrected chi connectivity index (χ0v) is 16.3. The number of carbonyl (C=O) groups excluding carboxylic acids is 2. The molecule has 28 heavy (non-hydrogen) atoms. The molecule has 0 radical (unpaired) electrons. The largest absolute Gasteiger partial charge is 0.348 e. The molecular formula is C22H21N3O2S. The Hall–Kier alpha value is -3.25. The molecule has 2 heterocycles. The first-order valence-electron chi connectivity index (χ1n) is 8.90. The molecule has 0 saturated carbocycles. The first kappa shape index (κ1) is 19.5. The van der Waals surface area contributed by atoms with Crippen molar-refractivity contribution < 1.29 is 9.59 Å². The lowest BCUT2D eigenvalue weighted by molar-refractivity contribution is -0.120. The Balaban J connectivity index is 1.65. The van der Waals surface area contributed by atoms with E-state index in [1.54, 1.807) is 6.20 Å². The smallest absolute Gasteiger partial charge is 0.226 e. The van der Waals surface area contributed by atoms with Gasteiger partial charge in [-0.25, -0.2) is 0 Å². The van der Waals surface area contributed by atoms with Gasteiger partial charge in [0.05, 0.1) is 18.2 Å². The fourth-order valence-corrected chi connectivity index (χ4v) is 3.51. The first-order chi connectivity index (χ1) is 13.6. The van der Waals surface area contributed by atoms with Crippen molar-refractivity contribution in [3.05, 3.63) is 82.3 Å². The van der Waals surface area contributed by atoms with Crippen LogP contribution in [-0.2, 0) is 9.59 Å². The minimum Gasteiger partial charge on any atom is -0.348 e. The summed E-state index contributed by atoms with van der Waals surface area (Å²) in [5.41, 5.74) is 2.53. The lowest BCUT2D eigenvalue weighted by atomic mass is 10.1. The number of amides is 2. The maximum absolute atomic E-state index is 12.5. The van der Waals surface area contributed by atoms with Crippen LogP contribution in [0.1, 0.15) is 35.5 Å². The van der Waals surface area contributed by atoms with Crippen molar-refractivity contribution in [3.63, 3.8) is 0 Å². The molecule has 0 aliphatic carbocycles. The molecule has 0 aliphatic heterocycles. The molecule has 1 unspecified atom stereocenters. The van der Waals surface area contributed by atoms with E-state index in [1.807, 2.05) is 72.1 Å². The third kappa shape index (κ3) is 5.89. The second-order valence-electron chi connectivity index (χ2n) is 6.23. The van der Waals surface area contributed by atoms with Gasteiger partial charge in [-0.15, -0.1) is 11.3 Å². The predicted octanol–water partition coefficient (Wildman–Crippen LogP) is 4.52. The van der Waals surface area contributed by atoms with Crippen LogP contribution in [0.4, 0.5) is 5.69 Å². The fraction of sp³-hybridized carbons (Fsp3) is 0.136. The summed E-state index contributed by atoms with van der Waals surface area (Å²) in [6.07, 6.45) is 5.79. The molecule has 3 aromatic rings. The van der Waals surface area contributed by atoms with Crippen LogP contribution < -0.4 is 10.6 Å². The van der Waals surface area contributed by atoms with Crippen LogP contribution >= 0.6 is 11.3 Å². The van der Waals surface area contributed by atoms with E-state index in [0.717, 1.165) is 16.1 Å². The average molecular weight is 391 g/mol. The molecule has 0 bridgehead atoms. The van der Waals surface area contributed by atoms with Gasteiger partial charge >= 0.3 is 0 Å². The Bertz CT molecular complexity index is 953. The molecule has 142 valence electrons. The van der Waals surface area contributed by atoms with Crippen LogP contribution in [0.5, 0.6) is 0 Å². The molecule has 6 heteroatoms. The third-order valence-corrected chi connectivity index (χ3v) is 4.94. The second-order valence-corrected chi connectivity index (χ2v) is 7.21. The van der Waals surface area contributed by atoms with Crippen LogP contribution in [0.25, 0.3) is 12.2 Å². The van der Waals surface area contributed by atoms with Gasteiger partial charge in [0, 0.05) is 23.7 Å². The van der Waals surface area contributed by atoms with Gasteiger partial charge in [-0.3, -0.25) is 14.6 Å². The van der Waals surface area contributed by atoms with Crippen LogP contribution in [0, 0.1) is 0 Å². The zero-order chi connectivity index (χ0) is 19.8. The summed E-state index contributed by atoms with van der Waals surface area (Å²) < 4.78 is 0. The summed E-state index contributed by atoms with van der Waals surface area (Å²) in [5.74, 6) is -0.314. The van der Waals surface area contributed by atoms with Gasteiger partial charge in [0.25, 0.3) is 0 Å². The van der Waals surface area contributed by atoms with Gasteiger partial charge < -0.3 is 10.6 Å². The summed E-state index contributed by atoms with van der Waals surface area (Å²) in [5, 5.41) is 7.68. The van der Waals surface area contributed by atoms with E-state index in [1.165, 1.54) is 18.3 Å². The quantitative estimate of drug-likeness (QED) is 0.622. The number of aromatic nitrogens is 1. The monoisotopic (exact) mass is 391 g/mol. The molecule has 3 rings (SSSR count). The number of hydrogen-bond acceptors (Lipinski definition) is 4. The number of anilines is 1. The van der Waals surface area contributed by atoms with Gasteiger partial charge in [-0.1, -0.05) is 30.3 Å². The van der Waals surface area contributed by atoms with Crippen molar-refractivity contribution >= 4 is 41.0 Å². The lowest BCUT2D eigenvalue weighted by Crippen LogP contribution is -2.29. The molecule has 2 N–H and O–H groups in total. The highest BCUT2D eigenvalue weighted by Gasteiger charge is 2.18. The molecule has 2 amide bonds. The van der Waals surface area contributed by atoms with E-state index >= 15 is 0 Å². The van der Waals surface area contributed by atoms with Crippen molar-refractivity contribution in [1.82, 2.24) is 10.3 Å². The van der Waals surface area contributed by atoms with Crippen LogP contribution in [0.3, 0.4) is 0 Å². The van der Waals surface area contributed by atoms with Crippen molar-refractivity contribution in [2.24, 2.45) is 0 Å². The SMILES string of the molecule is CC(=O)NC(CC(=O)Nc1cccc(C=Cc2ccccn2)c1)c1cccs1. The Morgan fingerprint density at radius 3 is 2.71 bits per heavy atom. The third-order valence-electron chi connectivity index (χ3n) is 3.96. The Labute approximate surface area is 168 Å². The number of hydrogen-bond donors (Lipinski definition) is 2. The molecule has 0 spiro atoms. The Morgan fingerprint density at radius 1 is 1.11 bits per heavy atom. The number of benzene rings is 1. The van der Waals surface area contributed by atoms with Gasteiger partial charge in [-0.05, 0) is 47.4 Å². The number of rotatable bonds is 7.